The topological polar surface area (TPSA) is 66.2 Å². The van der Waals surface area contributed by atoms with Crippen LogP contribution in [-0.4, -0.2) is 26.3 Å². The lowest BCUT2D eigenvalue weighted by Gasteiger charge is -2.04. The molecule has 1 aromatic heterocycles. The van der Waals surface area contributed by atoms with Crippen molar-refractivity contribution in [2.75, 3.05) is 0 Å². The maximum absolute atomic E-state index is 9.37. The van der Waals surface area contributed by atoms with Crippen LogP contribution in [0.25, 0.3) is 28.6 Å². The second kappa shape index (κ2) is 9.10. The van der Waals surface area contributed by atoms with Crippen LogP contribution < -0.4 is 0 Å². The van der Waals surface area contributed by atoms with E-state index in [4.69, 9.17) is 0 Å². The van der Waals surface area contributed by atoms with Gasteiger partial charge in [-0.05, 0) is 56.0 Å². The van der Waals surface area contributed by atoms with Crippen LogP contribution in [0.5, 0.6) is 5.75 Å². The minimum absolute atomic E-state index is 0.223. The molecule has 0 fully saturated rings. The SMILES string of the molecule is CC(O)CCC/C=C/c1ccc(-c2cnc(-c3ccc(O)cc3)cn2)cc1. The van der Waals surface area contributed by atoms with E-state index in [9.17, 15) is 10.2 Å². The zero-order valence-electron chi connectivity index (χ0n) is 15.4. The van der Waals surface area contributed by atoms with Crippen molar-refractivity contribution in [2.24, 2.45) is 0 Å². The maximum atomic E-state index is 9.37. The molecule has 0 saturated heterocycles. The summed E-state index contributed by atoms with van der Waals surface area (Å²) in [5.41, 5.74) is 4.68. The van der Waals surface area contributed by atoms with Gasteiger partial charge in [-0.15, -0.1) is 0 Å². The highest BCUT2D eigenvalue weighted by Gasteiger charge is 2.03. The fraction of sp³-hybridized carbons (Fsp3) is 0.217. The van der Waals surface area contributed by atoms with E-state index in [-0.39, 0.29) is 11.9 Å². The molecule has 0 spiro atoms. The average Bonchev–Trinajstić information content (AvgIpc) is 2.69. The Morgan fingerprint density at radius 2 is 1.44 bits per heavy atom. The van der Waals surface area contributed by atoms with E-state index in [0.29, 0.717) is 0 Å². The smallest absolute Gasteiger partial charge is 0.115 e. The van der Waals surface area contributed by atoms with Crippen LogP contribution in [0.4, 0.5) is 0 Å². The highest BCUT2D eigenvalue weighted by molar-refractivity contribution is 5.64. The lowest BCUT2D eigenvalue weighted by molar-refractivity contribution is 0.182. The van der Waals surface area contributed by atoms with Gasteiger partial charge in [0, 0.05) is 11.1 Å². The standard InChI is InChI=1S/C23H24N2O2/c1-17(26)5-3-2-4-6-18-7-9-19(10-8-18)22-15-25-23(16-24-22)20-11-13-21(27)14-12-20/h4,6-17,26-27H,2-3,5H2,1H3/b6-4+. The molecule has 3 aromatic rings. The number of benzene rings is 2. The number of rotatable bonds is 7. The zero-order valence-corrected chi connectivity index (χ0v) is 15.4. The molecular formula is C23H24N2O2. The minimum Gasteiger partial charge on any atom is -0.508 e. The highest BCUT2D eigenvalue weighted by Crippen LogP contribution is 2.22. The van der Waals surface area contributed by atoms with Gasteiger partial charge in [0.25, 0.3) is 0 Å². The molecule has 27 heavy (non-hydrogen) atoms. The molecule has 2 aromatic carbocycles. The number of aliphatic hydroxyl groups is 1. The molecule has 0 aliphatic carbocycles. The van der Waals surface area contributed by atoms with Crippen molar-refractivity contribution in [3.63, 3.8) is 0 Å². The van der Waals surface area contributed by atoms with Gasteiger partial charge in [0.15, 0.2) is 0 Å². The summed E-state index contributed by atoms with van der Waals surface area (Å²) in [6, 6.07) is 15.1. The fourth-order valence-corrected chi connectivity index (χ4v) is 2.77. The van der Waals surface area contributed by atoms with Crippen molar-refractivity contribution < 1.29 is 10.2 Å². The molecule has 0 amide bonds. The third-order valence-electron chi connectivity index (χ3n) is 4.32. The molecule has 0 aliphatic rings. The molecule has 0 saturated carbocycles. The summed E-state index contributed by atoms with van der Waals surface area (Å²) < 4.78 is 0. The van der Waals surface area contributed by atoms with E-state index in [1.54, 1.807) is 24.5 Å². The number of hydrogen-bond acceptors (Lipinski definition) is 4. The quantitative estimate of drug-likeness (QED) is 0.577. The number of aliphatic hydroxyl groups excluding tert-OH is 1. The molecule has 1 atom stereocenters. The Balaban J connectivity index is 1.63. The Bertz CT molecular complexity index is 868. The van der Waals surface area contributed by atoms with Crippen LogP contribution in [0.3, 0.4) is 0 Å². The molecule has 1 heterocycles. The summed E-state index contributed by atoms with van der Waals surface area (Å²) in [5.74, 6) is 0.237. The van der Waals surface area contributed by atoms with Crippen molar-refractivity contribution in [1.82, 2.24) is 9.97 Å². The van der Waals surface area contributed by atoms with Crippen LogP contribution in [0.2, 0.25) is 0 Å². The summed E-state index contributed by atoms with van der Waals surface area (Å²) in [6.45, 7) is 1.82. The van der Waals surface area contributed by atoms with E-state index in [1.165, 1.54) is 0 Å². The fourth-order valence-electron chi connectivity index (χ4n) is 2.77. The number of phenols is 1. The number of allylic oxidation sites excluding steroid dienone is 1. The normalized spacial score (nSPS) is 12.4. The number of aromatic nitrogens is 2. The third-order valence-corrected chi connectivity index (χ3v) is 4.32. The van der Waals surface area contributed by atoms with E-state index >= 15 is 0 Å². The molecule has 0 radical (unpaired) electrons. The van der Waals surface area contributed by atoms with Gasteiger partial charge in [0.05, 0.1) is 29.9 Å². The third kappa shape index (κ3) is 5.50. The molecule has 3 rings (SSSR count). The largest absolute Gasteiger partial charge is 0.508 e. The van der Waals surface area contributed by atoms with E-state index in [0.717, 1.165) is 47.3 Å². The number of unbranched alkanes of at least 4 members (excludes halogenated alkanes) is 1. The Morgan fingerprint density at radius 3 is 1.96 bits per heavy atom. The molecule has 2 N–H and O–H groups in total. The molecule has 0 aliphatic heterocycles. The van der Waals surface area contributed by atoms with Gasteiger partial charge in [-0.25, -0.2) is 0 Å². The Labute approximate surface area is 159 Å². The summed E-state index contributed by atoms with van der Waals surface area (Å²) >= 11 is 0. The molecule has 4 nitrogen and oxygen atoms in total. The van der Waals surface area contributed by atoms with Crippen LogP contribution in [0.15, 0.2) is 67.0 Å². The minimum atomic E-state index is -0.223. The molecule has 4 heteroatoms. The number of phenolic OH excluding ortho intramolecular Hbond substituents is 1. The van der Waals surface area contributed by atoms with Gasteiger partial charge in [-0.2, -0.15) is 0 Å². The van der Waals surface area contributed by atoms with Gasteiger partial charge < -0.3 is 10.2 Å². The first-order valence-corrected chi connectivity index (χ1v) is 9.18. The predicted molar refractivity (Wildman–Crippen MR) is 109 cm³/mol. The number of nitrogens with zero attached hydrogens (tertiary/aromatic N) is 2. The van der Waals surface area contributed by atoms with Crippen LogP contribution in [0.1, 0.15) is 31.7 Å². The first kappa shape index (κ1) is 18.8. The Hall–Kier alpha value is -2.98. The van der Waals surface area contributed by atoms with Crippen molar-refractivity contribution in [2.45, 2.75) is 32.3 Å². The summed E-state index contributed by atoms with van der Waals surface area (Å²) in [6.07, 6.45) is 10.3. The van der Waals surface area contributed by atoms with E-state index in [2.05, 4.69) is 34.3 Å². The van der Waals surface area contributed by atoms with Crippen LogP contribution >= 0.6 is 0 Å². The van der Waals surface area contributed by atoms with Gasteiger partial charge in [0.2, 0.25) is 0 Å². The average molecular weight is 360 g/mol. The van der Waals surface area contributed by atoms with Gasteiger partial charge >= 0.3 is 0 Å². The zero-order chi connectivity index (χ0) is 19.1. The first-order valence-electron chi connectivity index (χ1n) is 9.18. The van der Waals surface area contributed by atoms with Gasteiger partial charge in [-0.1, -0.05) is 36.4 Å². The second-order valence-electron chi connectivity index (χ2n) is 6.64. The monoisotopic (exact) mass is 360 g/mol. The van der Waals surface area contributed by atoms with Crippen LogP contribution in [0, 0.1) is 0 Å². The summed E-state index contributed by atoms with van der Waals surface area (Å²) in [4.78, 5) is 9.00. The van der Waals surface area contributed by atoms with Crippen molar-refractivity contribution in [3.05, 3.63) is 72.6 Å². The van der Waals surface area contributed by atoms with E-state index in [1.807, 2.05) is 31.2 Å². The lowest BCUT2D eigenvalue weighted by Crippen LogP contribution is -1.97. The van der Waals surface area contributed by atoms with Gasteiger partial charge in [0.1, 0.15) is 5.75 Å². The summed E-state index contributed by atoms with van der Waals surface area (Å²) in [5, 5.41) is 18.6. The van der Waals surface area contributed by atoms with Crippen molar-refractivity contribution in [1.29, 1.82) is 0 Å². The highest BCUT2D eigenvalue weighted by atomic mass is 16.3. The molecular weight excluding hydrogens is 336 g/mol. The van der Waals surface area contributed by atoms with Crippen LogP contribution in [-0.2, 0) is 0 Å². The summed E-state index contributed by atoms with van der Waals surface area (Å²) in [7, 11) is 0. The molecule has 1 unspecified atom stereocenters. The number of aromatic hydroxyl groups is 1. The molecule has 0 bridgehead atoms. The Kier molecular flexibility index (Phi) is 6.34. The molecule has 138 valence electrons. The predicted octanol–water partition coefficient (Wildman–Crippen LogP) is 5.08. The maximum Gasteiger partial charge on any atom is 0.115 e. The van der Waals surface area contributed by atoms with E-state index < -0.39 is 0 Å². The Morgan fingerprint density at radius 1 is 0.889 bits per heavy atom. The van der Waals surface area contributed by atoms with Crippen molar-refractivity contribution in [3.8, 4) is 28.3 Å². The second-order valence-corrected chi connectivity index (χ2v) is 6.64. The lowest BCUT2D eigenvalue weighted by atomic mass is 10.1. The first-order chi connectivity index (χ1) is 13.1. The number of hydrogen-bond donors (Lipinski definition) is 2. The van der Waals surface area contributed by atoms with Crippen molar-refractivity contribution >= 4 is 6.08 Å². The van der Waals surface area contributed by atoms with Gasteiger partial charge in [-0.3, -0.25) is 9.97 Å².